The van der Waals surface area contributed by atoms with Gasteiger partial charge in [-0.3, -0.25) is 19.5 Å². The number of likely N-dealkylation sites (N-methyl/N-ethyl adjacent to an activating group) is 1. The van der Waals surface area contributed by atoms with E-state index < -0.39 is 0 Å². The number of likely N-dealkylation sites (tertiary alicyclic amines) is 1. The van der Waals surface area contributed by atoms with Crippen LogP contribution in [0.1, 0.15) is 44.6 Å². The molecule has 0 spiro atoms. The molecule has 0 saturated carbocycles. The van der Waals surface area contributed by atoms with Crippen LogP contribution in [0.15, 0.2) is 24.5 Å². The number of hydrogen-bond acceptors (Lipinski definition) is 6. The average Bonchev–Trinajstić information content (AvgIpc) is 3.02. The quantitative estimate of drug-likeness (QED) is 0.622. The van der Waals surface area contributed by atoms with Gasteiger partial charge in [-0.1, -0.05) is 19.4 Å². The molecule has 0 bridgehead atoms. The Morgan fingerprint density at radius 3 is 2.82 bits per heavy atom. The highest BCUT2D eigenvalue weighted by Gasteiger charge is 2.37. The minimum atomic E-state index is -0.223. The van der Waals surface area contributed by atoms with E-state index in [9.17, 15) is 9.59 Å². The molecule has 3 fully saturated rings. The van der Waals surface area contributed by atoms with Crippen molar-refractivity contribution in [1.29, 1.82) is 0 Å². The molecular weight excluding hydrogens is 420 g/mol. The first-order chi connectivity index (χ1) is 16.1. The van der Waals surface area contributed by atoms with E-state index in [1.165, 1.54) is 0 Å². The molecule has 0 radical (unpaired) electrons. The van der Waals surface area contributed by atoms with E-state index in [0.29, 0.717) is 32.2 Å². The van der Waals surface area contributed by atoms with Gasteiger partial charge in [0, 0.05) is 45.2 Å². The van der Waals surface area contributed by atoms with Crippen molar-refractivity contribution in [2.45, 2.75) is 57.8 Å². The summed E-state index contributed by atoms with van der Waals surface area (Å²) in [5.74, 6) is 0.548. The SMILES string of the molecule is CCN1CCCCC1C(=O)N1CC(=O)N(CC2CCOCC2)CC(OCc2cccnc2)C1. The lowest BCUT2D eigenvalue weighted by molar-refractivity contribution is -0.143. The Morgan fingerprint density at radius 2 is 2.06 bits per heavy atom. The van der Waals surface area contributed by atoms with Crippen LogP contribution < -0.4 is 0 Å². The molecular formula is C25H38N4O4. The number of pyridine rings is 1. The summed E-state index contributed by atoms with van der Waals surface area (Å²) in [7, 11) is 0. The molecule has 182 valence electrons. The average molecular weight is 459 g/mol. The van der Waals surface area contributed by atoms with Crippen LogP contribution in [0.5, 0.6) is 0 Å². The lowest BCUT2D eigenvalue weighted by Crippen LogP contribution is -2.53. The molecule has 0 N–H and O–H groups in total. The number of piperidine rings is 1. The lowest BCUT2D eigenvalue weighted by atomic mass is 9.99. The fourth-order valence-electron chi connectivity index (χ4n) is 5.23. The molecule has 4 rings (SSSR count). The number of carbonyl (C=O) groups is 2. The minimum absolute atomic E-state index is 0.0289. The third-order valence-corrected chi connectivity index (χ3v) is 7.17. The molecule has 2 amide bonds. The van der Waals surface area contributed by atoms with Gasteiger partial charge in [0.15, 0.2) is 0 Å². The molecule has 33 heavy (non-hydrogen) atoms. The minimum Gasteiger partial charge on any atom is -0.381 e. The molecule has 8 heteroatoms. The molecule has 0 aliphatic carbocycles. The number of hydrogen-bond donors (Lipinski definition) is 0. The highest BCUT2D eigenvalue weighted by Crippen LogP contribution is 2.22. The van der Waals surface area contributed by atoms with Crippen molar-refractivity contribution in [3.8, 4) is 0 Å². The highest BCUT2D eigenvalue weighted by atomic mass is 16.5. The molecule has 3 aliphatic heterocycles. The van der Waals surface area contributed by atoms with Crippen molar-refractivity contribution in [2.24, 2.45) is 5.92 Å². The monoisotopic (exact) mass is 458 g/mol. The number of aromatic nitrogens is 1. The number of ether oxygens (including phenoxy) is 2. The van der Waals surface area contributed by atoms with E-state index in [1.54, 1.807) is 17.3 Å². The summed E-state index contributed by atoms with van der Waals surface area (Å²) in [5.41, 5.74) is 0.992. The van der Waals surface area contributed by atoms with Crippen LogP contribution >= 0.6 is 0 Å². The van der Waals surface area contributed by atoms with E-state index in [2.05, 4.69) is 16.8 Å². The molecule has 0 aromatic carbocycles. The van der Waals surface area contributed by atoms with Crippen LogP contribution in [-0.2, 0) is 25.7 Å². The Labute approximate surface area is 197 Å². The summed E-state index contributed by atoms with van der Waals surface area (Å²) in [4.78, 5) is 37.0. The number of amides is 2. The molecule has 4 heterocycles. The van der Waals surface area contributed by atoms with E-state index in [4.69, 9.17) is 9.47 Å². The Bertz CT molecular complexity index is 771. The van der Waals surface area contributed by atoms with Crippen molar-refractivity contribution < 1.29 is 19.1 Å². The van der Waals surface area contributed by atoms with Crippen molar-refractivity contribution in [2.75, 3.05) is 52.5 Å². The molecule has 2 atom stereocenters. The van der Waals surface area contributed by atoms with Gasteiger partial charge in [-0.05, 0) is 56.3 Å². The van der Waals surface area contributed by atoms with E-state index in [-0.39, 0.29) is 30.5 Å². The third kappa shape index (κ3) is 6.52. The standard InChI is InChI=1S/C25H38N4O4/c1-2-27-11-4-3-7-23(27)25(31)29-17-22(33-19-21-6-5-10-26-14-21)16-28(24(30)18-29)15-20-8-12-32-13-9-20/h5-6,10,14,20,22-23H,2-4,7-9,11-13,15-19H2,1H3. The maximum atomic E-state index is 13.6. The third-order valence-electron chi connectivity index (χ3n) is 7.17. The fourth-order valence-corrected chi connectivity index (χ4v) is 5.23. The van der Waals surface area contributed by atoms with Crippen molar-refractivity contribution in [3.05, 3.63) is 30.1 Å². The van der Waals surface area contributed by atoms with Crippen LogP contribution in [-0.4, -0.2) is 96.1 Å². The summed E-state index contributed by atoms with van der Waals surface area (Å²) in [6.45, 7) is 7.66. The van der Waals surface area contributed by atoms with E-state index in [1.807, 2.05) is 17.0 Å². The first-order valence-corrected chi connectivity index (χ1v) is 12.5. The van der Waals surface area contributed by atoms with Gasteiger partial charge in [-0.25, -0.2) is 0 Å². The summed E-state index contributed by atoms with van der Waals surface area (Å²) < 4.78 is 11.8. The van der Waals surface area contributed by atoms with Crippen LogP contribution in [0.25, 0.3) is 0 Å². The summed E-state index contributed by atoms with van der Waals surface area (Å²) >= 11 is 0. The maximum absolute atomic E-state index is 13.6. The number of nitrogens with zero attached hydrogens (tertiary/aromatic N) is 4. The molecule has 1 aromatic heterocycles. The summed E-state index contributed by atoms with van der Waals surface area (Å²) in [6, 6.07) is 3.75. The first-order valence-electron chi connectivity index (χ1n) is 12.5. The topological polar surface area (TPSA) is 75.2 Å². The van der Waals surface area contributed by atoms with Gasteiger partial charge in [-0.15, -0.1) is 0 Å². The van der Waals surface area contributed by atoms with E-state index in [0.717, 1.165) is 64.0 Å². The second-order valence-corrected chi connectivity index (χ2v) is 9.51. The van der Waals surface area contributed by atoms with Crippen LogP contribution in [0, 0.1) is 5.92 Å². The van der Waals surface area contributed by atoms with Crippen molar-refractivity contribution in [3.63, 3.8) is 0 Å². The van der Waals surface area contributed by atoms with Crippen molar-refractivity contribution >= 4 is 11.8 Å². The molecule has 8 nitrogen and oxygen atoms in total. The summed E-state index contributed by atoms with van der Waals surface area (Å²) in [6.07, 6.45) is 8.32. The number of rotatable bonds is 7. The van der Waals surface area contributed by atoms with Gasteiger partial charge in [0.05, 0.1) is 25.3 Å². The Morgan fingerprint density at radius 1 is 1.21 bits per heavy atom. The molecule has 2 unspecified atom stereocenters. The molecule has 1 aromatic rings. The van der Waals surface area contributed by atoms with Gasteiger partial charge in [0.1, 0.15) is 0 Å². The van der Waals surface area contributed by atoms with Gasteiger partial charge >= 0.3 is 0 Å². The second-order valence-electron chi connectivity index (χ2n) is 9.51. The lowest BCUT2D eigenvalue weighted by Gasteiger charge is -2.37. The summed E-state index contributed by atoms with van der Waals surface area (Å²) in [5, 5.41) is 0. The predicted octanol–water partition coefficient (Wildman–Crippen LogP) is 1.94. The van der Waals surface area contributed by atoms with Crippen LogP contribution in [0.4, 0.5) is 0 Å². The fraction of sp³-hybridized carbons (Fsp3) is 0.720. The Hall–Kier alpha value is -2.03. The van der Waals surface area contributed by atoms with Gasteiger partial charge < -0.3 is 19.3 Å². The highest BCUT2D eigenvalue weighted by molar-refractivity contribution is 5.88. The van der Waals surface area contributed by atoms with E-state index >= 15 is 0 Å². The first kappa shape index (κ1) is 24.1. The smallest absolute Gasteiger partial charge is 0.242 e. The number of carbonyl (C=O) groups excluding carboxylic acids is 2. The predicted molar refractivity (Wildman–Crippen MR) is 124 cm³/mol. The largest absolute Gasteiger partial charge is 0.381 e. The second kappa shape index (κ2) is 11.9. The molecule has 3 saturated heterocycles. The zero-order valence-corrected chi connectivity index (χ0v) is 19.9. The van der Waals surface area contributed by atoms with Gasteiger partial charge in [-0.2, -0.15) is 0 Å². The zero-order valence-electron chi connectivity index (χ0n) is 19.9. The van der Waals surface area contributed by atoms with Gasteiger partial charge in [0.2, 0.25) is 11.8 Å². The molecule has 3 aliphatic rings. The van der Waals surface area contributed by atoms with Crippen LogP contribution in [0.2, 0.25) is 0 Å². The Kier molecular flexibility index (Phi) is 8.69. The van der Waals surface area contributed by atoms with Crippen LogP contribution in [0.3, 0.4) is 0 Å². The Balaban J connectivity index is 1.47. The van der Waals surface area contributed by atoms with Crippen molar-refractivity contribution in [1.82, 2.24) is 19.7 Å². The normalized spacial score (nSPS) is 25.8. The maximum Gasteiger partial charge on any atom is 0.242 e. The zero-order chi connectivity index (χ0) is 23.0. The van der Waals surface area contributed by atoms with Gasteiger partial charge in [0.25, 0.3) is 0 Å².